The minimum atomic E-state index is -2.74. The predicted octanol–water partition coefficient (Wildman–Crippen LogP) is 2.58. The monoisotopic (exact) mass is 846 g/mol. The van der Waals surface area contributed by atoms with Gasteiger partial charge in [-0.05, 0) is 0 Å². The Morgan fingerprint density at radius 3 is 2.36 bits per heavy atom. The van der Waals surface area contributed by atoms with E-state index in [9.17, 15) is 24.6 Å². The number of carbonyl (C=O) groups excluding carboxylic acids is 3. The molecule has 2 aliphatic heterocycles. The van der Waals surface area contributed by atoms with Crippen molar-refractivity contribution in [1.29, 1.82) is 0 Å². The fourth-order valence-electron chi connectivity index (χ4n) is 13.7. The molecule has 53 heavy (non-hydrogen) atoms. The molecule has 292 valence electrons. The molecular weight excluding hydrogens is 787 g/mol. The summed E-state index contributed by atoms with van der Waals surface area (Å²) in [5.74, 6) is -2.40. The molecule has 7 bridgehead atoms. The Labute approximate surface area is 317 Å². The van der Waals surface area contributed by atoms with E-state index in [1.807, 2.05) is 12.1 Å². The topological polar surface area (TPSA) is 144 Å². The van der Waals surface area contributed by atoms with Crippen LogP contribution in [-0.2, 0) is 33.3 Å². The fourth-order valence-corrected chi connectivity index (χ4v) is 17.0. The van der Waals surface area contributed by atoms with E-state index >= 15 is 0 Å². The number of fused-ring (bicyclic) bond motifs is 2. The van der Waals surface area contributed by atoms with Gasteiger partial charge in [-0.25, -0.2) is 0 Å². The summed E-state index contributed by atoms with van der Waals surface area (Å²) < 4.78 is 32.8. The molecule has 2 N–H and O–H groups in total. The van der Waals surface area contributed by atoms with Gasteiger partial charge in [0, 0.05) is 14.2 Å². The van der Waals surface area contributed by atoms with Gasteiger partial charge in [0.25, 0.3) is 0 Å². The Hall–Kier alpha value is -1.65. The molecule has 1 unspecified atom stereocenters. The van der Waals surface area contributed by atoms with E-state index in [1.165, 1.54) is 0 Å². The summed E-state index contributed by atoms with van der Waals surface area (Å²) in [5.41, 5.74) is -4.08. The van der Waals surface area contributed by atoms with Gasteiger partial charge in [0.2, 0.25) is 0 Å². The number of aliphatic hydroxyl groups is 2. The van der Waals surface area contributed by atoms with Gasteiger partial charge in [0.1, 0.15) is 0 Å². The van der Waals surface area contributed by atoms with Crippen LogP contribution in [0.25, 0.3) is 0 Å². The van der Waals surface area contributed by atoms with Crippen LogP contribution >= 0.6 is 0 Å². The average Bonchev–Trinajstić information content (AvgIpc) is 3.65. The van der Waals surface area contributed by atoms with Crippen molar-refractivity contribution in [2.24, 2.45) is 40.4 Å². The Morgan fingerprint density at radius 1 is 1.04 bits per heavy atom. The Kier molecular flexibility index (Phi) is 9.14. The number of likely N-dealkylation sites (N-methyl/N-ethyl adjacent to an activating group) is 1. The number of amides is 2. The molecule has 5 saturated carbocycles. The van der Waals surface area contributed by atoms with Gasteiger partial charge in [0.15, 0.2) is 0 Å². The second-order valence-corrected chi connectivity index (χ2v) is 32.9. The van der Waals surface area contributed by atoms with Crippen LogP contribution in [0.2, 0.25) is 14.8 Å². The molecule has 2 saturated heterocycles. The zero-order valence-corrected chi connectivity index (χ0v) is 35.6. The summed E-state index contributed by atoms with van der Waals surface area (Å²) in [5, 5.41) is 26.8. The molecule has 1 aromatic carbocycles. The molecule has 2 amide bonds. The first kappa shape index (κ1) is 38.2. The summed E-state index contributed by atoms with van der Waals surface area (Å²) in [4.78, 5) is 51.2. The third kappa shape index (κ3) is 4.69. The number of rotatable bonds is 10. The molecule has 1 spiro atoms. The summed E-state index contributed by atoms with van der Waals surface area (Å²) in [6, 6.07) is 5.08. The smallest absolute Gasteiger partial charge is 0.381 e. The minimum Gasteiger partial charge on any atom is -0.381 e. The number of carbonyl (C=O) groups is 3. The molecule has 0 aromatic heterocycles. The summed E-state index contributed by atoms with van der Waals surface area (Å²) >= 11 is -2.74. The number of hydrogen-bond donors (Lipinski definition) is 2. The van der Waals surface area contributed by atoms with Crippen molar-refractivity contribution in [1.82, 2.24) is 4.90 Å². The van der Waals surface area contributed by atoms with Crippen LogP contribution in [0.15, 0.2) is 18.2 Å². The minimum absolute atomic E-state index is 0.0404. The van der Waals surface area contributed by atoms with Crippen LogP contribution in [-0.4, -0.2) is 141 Å². The average molecular weight is 846 g/mol. The maximum absolute atomic E-state index is 14.6. The molecule has 5 aliphatic carbocycles. The number of benzene rings is 1. The summed E-state index contributed by atoms with van der Waals surface area (Å²) in [6.07, 6.45) is 0.817. The number of likely N-dealkylation sites (tertiary alicyclic amines) is 1. The molecule has 2 heterocycles. The Morgan fingerprint density at radius 2 is 1.77 bits per heavy atom. The zero-order valence-electron chi connectivity index (χ0n) is 32.7. The zero-order chi connectivity index (χ0) is 38.2. The van der Waals surface area contributed by atoms with E-state index in [0.717, 1.165) is 14.9 Å². The van der Waals surface area contributed by atoms with Crippen LogP contribution in [0.3, 0.4) is 0 Å². The molecule has 7 aliphatic rings. The molecule has 12 nitrogen and oxygen atoms in total. The molecule has 14 atom stereocenters. The van der Waals surface area contributed by atoms with Gasteiger partial charge in [-0.15, -0.1) is 0 Å². The molecule has 13 heteroatoms. The van der Waals surface area contributed by atoms with Crippen molar-refractivity contribution in [3.63, 3.8) is 0 Å². The second kappa shape index (κ2) is 12.7. The number of imide groups is 1. The fraction of sp³-hybridized carbons (Fsp3) is 0.775. The van der Waals surface area contributed by atoms with Gasteiger partial charge >= 0.3 is 288 Å². The van der Waals surface area contributed by atoms with E-state index < -0.39 is 64.4 Å². The Bertz CT molecular complexity index is 1700. The van der Waals surface area contributed by atoms with Crippen LogP contribution in [0.4, 0.5) is 5.69 Å². The number of anilines is 1. The SMILES string of the molecule is CCN1C[C@]2(COC(=O)c3c[c]([Sn]([CH3])([CH3])[CH3])ccc3N3C(=O)C[C@H](C)C3=O)CC[C@H](OC)[C@@]34C2[C@H](OC)[C@](O)([C@H]13)[C@@]1(O)C[C@H](OC)[C@H]2C[C@@H]4[C@@H]1[C@H]2OC. The van der Waals surface area contributed by atoms with E-state index in [1.54, 1.807) is 41.4 Å². The quantitative estimate of drug-likeness (QED) is 0.204. The first-order chi connectivity index (χ1) is 25.0. The van der Waals surface area contributed by atoms with Crippen LogP contribution < -0.4 is 8.48 Å². The van der Waals surface area contributed by atoms with Gasteiger partial charge in [-0.3, -0.25) is 0 Å². The molecular formula is C40H58N2O10Sn. The predicted molar refractivity (Wildman–Crippen MR) is 197 cm³/mol. The van der Waals surface area contributed by atoms with Crippen molar-refractivity contribution >= 4 is 45.4 Å². The van der Waals surface area contributed by atoms with Crippen molar-refractivity contribution in [2.45, 2.75) is 102 Å². The van der Waals surface area contributed by atoms with E-state index in [2.05, 4.69) is 26.6 Å². The molecule has 7 fully saturated rings. The van der Waals surface area contributed by atoms with Crippen LogP contribution in [0, 0.1) is 40.4 Å². The first-order valence-electron chi connectivity index (χ1n) is 19.5. The van der Waals surface area contributed by atoms with E-state index in [-0.39, 0.29) is 84.5 Å². The van der Waals surface area contributed by atoms with Gasteiger partial charge in [0.05, 0.1) is 6.10 Å². The van der Waals surface area contributed by atoms with Crippen molar-refractivity contribution in [2.75, 3.05) is 53.0 Å². The number of ether oxygens (including phenoxy) is 5. The number of hydrogen-bond acceptors (Lipinski definition) is 11. The normalized spacial score (nSPS) is 45.6. The summed E-state index contributed by atoms with van der Waals surface area (Å²) in [6.45, 7) is 5.00. The first-order valence-corrected chi connectivity index (χ1v) is 29.5. The van der Waals surface area contributed by atoms with E-state index in [0.29, 0.717) is 25.9 Å². The third-order valence-corrected chi connectivity index (χ3v) is 21.3. The standard InChI is InChI=1S/C37H49N2O10.3CH3.Sn/c1-7-38-17-34(18-49-32(42)20-10-8-9-11-23(20)39-26(40)14-19(2)31(39)41)13-12-25(46-4)36-22-15-21-24(45-3)16-35(43,27(22)28(21)47-5)37(44,33(36)38)30(48-6)29(34)36;;;;/h9-11,19,21-22,24-25,27-30,33,43-44H,7,12-18H2,1-6H3;3*1H3;/t19-,21+,22+,24-,25-,27+,28-,29?,30-,33+,34-,35+,36-,37-;;;;/m0..../s1. The molecule has 1 aromatic rings. The molecule has 8 rings (SSSR count). The van der Waals surface area contributed by atoms with Crippen LogP contribution in [0.1, 0.15) is 56.3 Å². The Balaban J connectivity index is 1.24. The number of methoxy groups -OCH3 is 4. The maximum atomic E-state index is 14.6. The number of piperidine rings is 1. The van der Waals surface area contributed by atoms with Gasteiger partial charge < -0.3 is 9.47 Å². The van der Waals surface area contributed by atoms with E-state index in [4.69, 9.17) is 23.7 Å². The van der Waals surface area contributed by atoms with Gasteiger partial charge in [-0.2, -0.15) is 0 Å². The third-order valence-electron chi connectivity index (χ3n) is 15.5. The van der Waals surface area contributed by atoms with Gasteiger partial charge in [-0.1, -0.05) is 0 Å². The second-order valence-electron chi connectivity index (χ2n) is 18.4. The number of esters is 1. The van der Waals surface area contributed by atoms with Crippen LogP contribution in [0.5, 0.6) is 0 Å². The number of nitrogens with zero attached hydrogens (tertiary/aromatic N) is 2. The molecule has 0 radical (unpaired) electrons. The van der Waals surface area contributed by atoms with Crippen molar-refractivity contribution in [3.05, 3.63) is 23.8 Å². The summed E-state index contributed by atoms with van der Waals surface area (Å²) in [7, 11) is 6.74. The van der Waals surface area contributed by atoms with Crippen molar-refractivity contribution < 1.29 is 48.3 Å². The van der Waals surface area contributed by atoms with Crippen molar-refractivity contribution in [3.8, 4) is 0 Å².